The molecule has 1 heterocycles. The Morgan fingerprint density at radius 3 is 2.36 bits per heavy atom. The van der Waals surface area contributed by atoms with Crippen LogP contribution in [0.4, 0.5) is 5.69 Å². The number of hydrogen-bond donors (Lipinski definition) is 1. The zero-order valence-electron chi connectivity index (χ0n) is 20.0. The second kappa shape index (κ2) is 12.4. The molecule has 0 aliphatic heterocycles. The van der Waals surface area contributed by atoms with Crippen LogP contribution in [-0.4, -0.2) is 26.4 Å². The van der Waals surface area contributed by atoms with Gasteiger partial charge in [0, 0.05) is 12.2 Å². The molecule has 1 amide bonds. The van der Waals surface area contributed by atoms with Gasteiger partial charge in [0.15, 0.2) is 11.0 Å². The van der Waals surface area contributed by atoms with Gasteiger partial charge in [-0.3, -0.25) is 4.79 Å². The van der Waals surface area contributed by atoms with Crippen LogP contribution in [0.1, 0.15) is 51.1 Å². The highest BCUT2D eigenvalue weighted by Gasteiger charge is 2.16. The second-order valence-electron chi connectivity index (χ2n) is 8.33. The number of carbonyl (C=O) groups excluding carboxylic acids is 1. The van der Waals surface area contributed by atoms with Gasteiger partial charge in [-0.15, -0.1) is 10.2 Å². The van der Waals surface area contributed by atoms with Crippen LogP contribution in [0.2, 0.25) is 0 Å². The third-order valence-corrected chi connectivity index (χ3v) is 6.40. The van der Waals surface area contributed by atoms with E-state index in [1.54, 1.807) is 0 Å². The minimum absolute atomic E-state index is 0.0314. The summed E-state index contributed by atoms with van der Waals surface area (Å²) in [6.45, 7) is 9.74. The number of nitrogens with one attached hydrogen (secondary N) is 1. The van der Waals surface area contributed by atoms with Gasteiger partial charge in [-0.2, -0.15) is 0 Å². The molecule has 33 heavy (non-hydrogen) atoms. The fraction of sp³-hybridized carbons (Fsp3) is 0.423. The topological polar surface area (TPSA) is 69.0 Å². The van der Waals surface area contributed by atoms with Crippen molar-refractivity contribution < 1.29 is 9.53 Å². The molecule has 0 aliphatic rings. The van der Waals surface area contributed by atoms with Gasteiger partial charge in [0.1, 0.15) is 12.4 Å². The molecule has 176 valence electrons. The lowest BCUT2D eigenvalue weighted by atomic mass is 10.0. The van der Waals surface area contributed by atoms with E-state index in [0.29, 0.717) is 12.5 Å². The highest BCUT2D eigenvalue weighted by atomic mass is 32.2. The van der Waals surface area contributed by atoms with Gasteiger partial charge in [-0.25, -0.2) is 0 Å². The number of nitrogens with zero attached hydrogens (tertiary/aromatic N) is 3. The number of amides is 1. The Kier molecular flexibility index (Phi) is 9.36. The highest BCUT2D eigenvalue weighted by molar-refractivity contribution is 7.99. The van der Waals surface area contributed by atoms with Gasteiger partial charge < -0.3 is 14.6 Å². The summed E-state index contributed by atoms with van der Waals surface area (Å²) >= 11 is 1.42. The first kappa shape index (κ1) is 24.8. The number of para-hydroxylation sites is 2. The Hall–Kier alpha value is -2.80. The number of benzene rings is 2. The number of anilines is 1. The van der Waals surface area contributed by atoms with Gasteiger partial charge in [0.2, 0.25) is 5.91 Å². The predicted octanol–water partition coefficient (Wildman–Crippen LogP) is 5.76. The van der Waals surface area contributed by atoms with Crippen molar-refractivity contribution in [2.45, 2.75) is 65.3 Å². The smallest absolute Gasteiger partial charge is 0.234 e. The van der Waals surface area contributed by atoms with Crippen LogP contribution in [0.25, 0.3) is 0 Å². The van der Waals surface area contributed by atoms with E-state index in [1.165, 1.54) is 11.8 Å². The Morgan fingerprint density at radius 2 is 1.73 bits per heavy atom. The summed E-state index contributed by atoms with van der Waals surface area (Å²) in [5.41, 5.74) is 3.27. The monoisotopic (exact) mass is 466 g/mol. The molecule has 1 N–H and O–H groups in total. The van der Waals surface area contributed by atoms with Crippen LogP contribution < -0.4 is 10.1 Å². The summed E-state index contributed by atoms with van der Waals surface area (Å²) in [5, 5.41) is 12.6. The van der Waals surface area contributed by atoms with Gasteiger partial charge in [-0.05, 0) is 48.4 Å². The molecular formula is C26H34N4O2S. The van der Waals surface area contributed by atoms with Gasteiger partial charge in [0.25, 0.3) is 0 Å². The first-order valence-corrected chi connectivity index (χ1v) is 12.6. The molecule has 3 aromatic rings. The lowest BCUT2D eigenvalue weighted by molar-refractivity contribution is -0.113. The van der Waals surface area contributed by atoms with Crippen LogP contribution in [0.3, 0.4) is 0 Å². The zero-order chi connectivity index (χ0) is 23.6. The molecule has 0 fully saturated rings. The summed E-state index contributed by atoms with van der Waals surface area (Å²) < 4.78 is 7.98. The Morgan fingerprint density at radius 1 is 1.03 bits per heavy atom. The Labute approximate surface area is 201 Å². The van der Waals surface area contributed by atoms with E-state index >= 15 is 0 Å². The van der Waals surface area contributed by atoms with Crippen LogP contribution in [0.15, 0.2) is 53.7 Å². The molecule has 0 saturated carbocycles. The minimum Gasteiger partial charge on any atom is -0.486 e. The Balaban J connectivity index is 1.68. The molecule has 0 atom stereocenters. The lowest BCUT2D eigenvalue weighted by Crippen LogP contribution is -2.17. The number of aromatic nitrogens is 3. The summed E-state index contributed by atoms with van der Waals surface area (Å²) in [7, 11) is 0. The molecule has 2 aromatic carbocycles. The standard InChI is InChI=1S/C26H34N4O2S/c1-5-20-11-10-12-21(6-2)25(20)27-24(31)18-33-26-29-28-23(30(26)16-15-19(3)4)17-32-22-13-8-7-9-14-22/h7-14,19H,5-6,15-18H2,1-4H3,(H,27,31). The molecule has 0 aliphatic carbocycles. The lowest BCUT2D eigenvalue weighted by Gasteiger charge is -2.15. The van der Waals surface area contributed by atoms with Crippen molar-refractivity contribution >= 4 is 23.4 Å². The predicted molar refractivity (Wildman–Crippen MR) is 135 cm³/mol. The zero-order valence-corrected chi connectivity index (χ0v) is 20.8. The first-order valence-electron chi connectivity index (χ1n) is 11.6. The summed E-state index contributed by atoms with van der Waals surface area (Å²) in [6.07, 6.45) is 2.76. The van der Waals surface area contributed by atoms with Crippen molar-refractivity contribution in [3.63, 3.8) is 0 Å². The molecule has 0 saturated heterocycles. The average Bonchev–Trinajstić information content (AvgIpc) is 3.22. The fourth-order valence-electron chi connectivity index (χ4n) is 3.52. The summed E-state index contributed by atoms with van der Waals surface area (Å²) in [4.78, 5) is 12.8. The maximum atomic E-state index is 12.8. The van der Waals surface area contributed by atoms with Crippen LogP contribution in [0.5, 0.6) is 5.75 Å². The number of aryl methyl sites for hydroxylation is 2. The third-order valence-electron chi connectivity index (χ3n) is 5.43. The molecule has 0 radical (unpaired) electrons. The van der Waals surface area contributed by atoms with Crippen molar-refractivity contribution in [2.24, 2.45) is 5.92 Å². The molecule has 0 spiro atoms. The molecule has 6 nitrogen and oxygen atoms in total. The first-order chi connectivity index (χ1) is 16.0. The molecule has 1 aromatic heterocycles. The van der Waals surface area contributed by atoms with Crippen molar-refractivity contribution in [1.29, 1.82) is 0 Å². The quantitative estimate of drug-likeness (QED) is 0.344. The van der Waals surface area contributed by atoms with E-state index in [-0.39, 0.29) is 11.7 Å². The number of rotatable bonds is 12. The van der Waals surface area contributed by atoms with Crippen molar-refractivity contribution in [3.05, 3.63) is 65.5 Å². The minimum atomic E-state index is -0.0314. The highest BCUT2D eigenvalue weighted by Crippen LogP contribution is 2.24. The fourth-order valence-corrected chi connectivity index (χ4v) is 4.30. The molecule has 0 bridgehead atoms. The maximum absolute atomic E-state index is 12.8. The van der Waals surface area contributed by atoms with Crippen molar-refractivity contribution in [2.75, 3.05) is 11.1 Å². The van der Waals surface area contributed by atoms with E-state index in [2.05, 4.69) is 66.0 Å². The van der Waals surface area contributed by atoms with Gasteiger partial charge in [0.05, 0.1) is 5.75 Å². The van der Waals surface area contributed by atoms with Gasteiger partial charge >= 0.3 is 0 Å². The second-order valence-corrected chi connectivity index (χ2v) is 9.27. The third kappa shape index (κ3) is 7.09. The van der Waals surface area contributed by atoms with Gasteiger partial charge in [-0.1, -0.05) is 75.9 Å². The molecule has 7 heteroatoms. The number of ether oxygens (including phenoxy) is 1. The molecule has 3 rings (SSSR count). The van der Waals surface area contributed by atoms with Crippen molar-refractivity contribution in [3.8, 4) is 5.75 Å². The Bertz CT molecular complexity index is 1010. The van der Waals surface area contributed by atoms with E-state index in [0.717, 1.165) is 59.4 Å². The summed E-state index contributed by atoms with van der Waals surface area (Å²) in [5.74, 6) is 2.36. The molecule has 0 unspecified atom stereocenters. The largest absolute Gasteiger partial charge is 0.486 e. The van der Waals surface area contributed by atoms with Crippen LogP contribution in [-0.2, 0) is 30.8 Å². The van der Waals surface area contributed by atoms with E-state index < -0.39 is 0 Å². The number of carbonyl (C=O) groups is 1. The SMILES string of the molecule is CCc1cccc(CC)c1NC(=O)CSc1nnc(COc2ccccc2)n1CCC(C)C. The van der Waals surface area contributed by atoms with Crippen molar-refractivity contribution in [1.82, 2.24) is 14.8 Å². The van der Waals surface area contributed by atoms with E-state index in [9.17, 15) is 4.79 Å². The number of thioether (sulfide) groups is 1. The van der Waals surface area contributed by atoms with Crippen LogP contribution in [0, 0.1) is 5.92 Å². The average molecular weight is 467 g/mol. The maximum Gasteiger partial charge on any atom is 0.234 e. The molecular weight excluding hydrogens is 432 g/mol. The van der Waals surface area contributed by atoms with Crippen LogP contribution >= 0.6 is 11.8 Å². The number of hydrogen-bond acceptors (Lipinski definition) is 5. The summed E-state index contributed by atoms with van der Waals surface area (Å²) in [6, 6.07) is 15.9. The normalized spacial score (nSPS) is 11.1. The van der Waals surface area contributed by atoms with E-state index in [4.69, 9.17) is 4.74 Å². The van der Waals surface area contributed by atoms with E-state index in [1.807, 2.05) is 30.3 Å².